The summed E-state index contributed by atoms with van der Waals surface area (Å²) < 4.78 is 5.96. The van der Waals surface area contributed by atoms with E-state index in [2.05, 4.69) is 12.2 Å². The maximum absolute atomic E-state index is 13.1. The molecule has 1 aliphatic heterocycles. The van der Waals surface area contributed by atoms with Gasteiger partial charge in [-0.3, -0.25) is 9.59 Å². The van der Waals surface area contributed by atoms with Crippen molar-refractivity contribution in [2.75, 3.05) is 6.61 Å². The highest BCUT2D eigenvalue weighted by atomic mass is 16.5. The first-order valence-electron chi connectivity index (χ1n) is 7.85. The third-order valence-corrected chi connectivity index (χ3v) is 4.02. The Morgan fingerprint density at radius 1 is 0.957 bits per heavy atom. The lowest BCUT2D eigenvalue weighted by Crippen LogP contribution is -2.57. The van der Waals surface area contributed by atoms with E-state index in [1.165, 1.54) is 0 Å². The highest BCUT2D eigenvalue weighted by Crippen LogP contribution is 2.33. The van der Waals surface area contributed by atoms with E-state index >= 15 is 0 Å². The minimum absolute atomic E-state index is 0.227. The molecule has 23 heavy (non-hydrogen) atoms. The first-order valence-corrected chi connectivity index (χ1v) is 7.85. The van der Waals surface area contributed by atoms with E-state index in [9.17, 15) is 9.59 Å². The molecule has 0 aliphatic carbocycles. The van der Waals surface area contributed by atoms with E-state index in [1.807, 2.05) is 18.2 Å². The topological polar surface area (TPSA) is 55.4 Å². The van der Waals surface area contributed by atoms with Gasteiger partial charge in [-0.1, -0.05) is 61.9 Å². The highest BCUT2D eigenvalue weighted by Gasteiger charge is 2.48. The molecule has 0 spiro atoms. The maximum atomic E-state index is 13.1. The third kappa shape index (κ3) is 2.66. The van der Waals surface area contributed by atoms with Gasteiger partial charge in [0.1, 0.15) is 0 Å². The summed E-state index contributed by atoms with van der Waals surface area (Å²) in [6, 6.07) is 16.0. The van der Waals surface area contributed by atoms with Crippen LogP contribution in [0.25, 0.3) is 0 Å². The van der Waals surface area contributed by atoms with Crippen LogP contribution in [0.1, 0.15) is 46.0 Å². The van der Waals surface area contributed by atoms with Crippen LogP contribution in [-0.4, -0.2) is 18.3 Å². The lowest BCUT2D eigenvalue weighted by molar-refractivity contribution is -0.0491. The van der Waals surface area contributed by atoms with Gasteiger partial charge in [0.05, 0.1) is 12.2 Å². The summed E-state index contributed by atoms with van der Waals surface area (Å²) in [5.74, 6) is -0.518. The summed E-state index contributed by atoms with van der Waals surface area (Å²) in [7, 11) is 0. The number of nitrogens with one attached hydrogen (secondary N) is 1. The molecule has 0 saturated heterocycles. The molecule has 0 fully saturated rings. The molecule has 0 radical (unpaired) electrons. The summed E-state index contributed by atoms with van der Waals surface area (Å²) >= 11 is 0. The molecule has 0 saturated carbocycles. The number of ketones is 1. The van der Waals surface area contributed by atoms with E-state index in [4.69, 9.17) is 4.74 Å². The Hall–Kier alpha value is -2.46. The standard InChI is InChI=1S/C19H19NO3/c1-2-3-13-23-19(14-9-5-4-6-10-14)17(21)15-11-7-8-12-16(15)18(22)20-19/h4-12H,2-3,13H2,1H3,(H,20,22). The number of carbonyl (C=O) groups excluding carboxylic acids is 2. The molecule has 1 aliphatic rings. The molecular formula is C19H19NO3. The maximum Gasteiger partial charge on any atom is 0.254 e. The van der Waals surface area contributed by atoms with Crippen LogP contribution in [0.4, 0.5) is 0 Å². The van der Waals surface area contributed by atoms with E-state index in [1.54, 1.807) is 36.4 Å². The van der Waals surface area contributed by atoms with Crippen molar-refractivity contribution in [2.24, 2.45) is 0 Å². The number of benzene rings is 2. The van der Waals surface area contributed by atoms with Crippen LogP contribution in [0.3, 0.4) is 0 Å². The van der Waals surface area contributed by atoms with Gasteiger partial charge in [0.25, 0.3) is 5.91 Å². The largest absolute Gasteiger partial charge is 0.345 e. The van der Waals surface area contributed by atoms with Gasteiger partial charge in [0, 0.05) is 11.1 Å². The number of hydrogen-bond donors (Lipinski definition) is 1. The molecular weight excluding hydrogens is 290 g/mol. The number of carbonyl (C=O) groups is 2. The molecule has 2 aromatic rings. The predicted molar refractivity (Wildman–Crippen MR) is 87.2 cm³/mol. The van der Waals surface area contributed by atoms with Gasteiger partial charge in [-0.15, -0.1) is 0 Å². The van der Waals surface area contributed by atoms with Crippen molar-refractivity contribution in [1.82, 2.24) is 5.32 Å². The van der Waals surface area contributed by atoms with Crippen LogP contribution in [0.2, 0.25) is 0 Å². The second-order valence-corrected chi connectivity index (χ2v) is 5.58. The number of unbranched alkanes of at least 4 members (excludes halogenated alkanes) is 1. The number of rotatable bonds is 5. The molecule has 0 bridgehead atoms. The smallest absolute Gasteiger partial charge is 0.254 e. The second kappa shape index (κ2) is 6.34. The fraction of sp³-hybridized carbons (Fsp3) is 0.263. The summed E-state index contributed by atoms with van der Waals surface area (Å²) in [5, 5.41) is 2.80. The number of ether oxygens (including phenoxy) is 1. The SMILES string of the molecule is CCCCOC1(c2ccccc2)NC(=O)c2ccccc2C1=O. The van der Waals surface area contributed by atoms with Gasteiger partial charge in [-0.25, -0.2) is 0 Å². The molecule has 1 N–H and O–H groups in total. The van der Waals surface area contributed by atoms with Gasteiger partial charge in [-0.2, -0.15) is 0 Å². The van der Waals surface area contributed by atoms with Crippen molar-refractivity contribution in [3.8, 4) is 0 Å². The number of fused-ring (bicyclic) bond motifs is 1. The van der Waals surface area contributed by atoms with Gasteiger partial charge >= 0.3 is 0 Å². The molecule has 1 heterocycles. The van der Waals surface area contributed by atoms with E-state index in [0.717, 1.165) is 12.8 Å². The van der Waals surface area contributed by atoms with E-state index in [-0.39, 0.29) is 11.7 Å². The first kappa shape index (κ1) is 15.4. The number of hydrogen-bond acceptors (Lipinski definition) is 3. The zero-order valence-electron chi connectivity index (χ0n) is 13.0. The van der Waals surface area contributed by atoms with Gasteiger partial charge in [0.15, 0.2) is 0 Å². The quantitative estimate of drug-likeness (QED) is 0.862. The van der Waals surface area contributed by atoms with Crippen molar-refractivity contribution in [3.05, 3.63) is 71.3 Å². The zero-order chi connectivity index (χ0) is 16.3. The van der Waals surface area contributed by atoms with E-state index in [0.29, 0.717) is 23.3 Å². The lowest BCUT2D eigenvalue weighted by atomic mass is 9.86. The molecule has 4 nitrogen and oxygen atoms in total. The van der Waals surface area contributed by atoms with Crippen molar-refractivity contribution < 1.29 is 14.3 Å². The monoisotopic (exact) mass is 309 g/mol. The Kier molecular flexibility index (Phi) is 4.26. The predicted octanol–water partition coefficient (Wildman–Crippen LogP) is 3.28. The molecule has 0 aromatic heterocycles. The fourth-order valence-electron chi connectivity index (χ4n) is 2.78. The van der Waals surface area contributed by atoms with Crippen molar-refractivity contribution in [1.29, 1.82) is 0 Å². The van der Waals surface area contributed by atoms with Gasteiger partial charge in [0.2, 0.25) is 11.5 Å². The Morgan fingerprint density at radius 2 is 1.61 bits per heavy atom. The van der Waals surface area contributed by atoms with Crippen LogP contribution < -0.4 is 5.32 Å². The van der Waals surface area contributed by atoms with Crippen LogP contribution in [0, 0.1) is 0 Å². The average Bonchev–Trinajstić information content (AvgIpc) is 2.60. The molecule has 1 amide bonds. The highest BCUT2D eigenvalue weighted by molar-refractivity contribution is 6.16. The third-order valence-electron chi connectivity index (χ3n) is 4.02. The summed E-state index contributed by atoms with van der Waals surface area (Å²) in [4.78, 5) is 25.6. The van der Waals surface area contributed by atoms with Crippen LogP contribution >= 0.6 is 0 Å². The molecule has 2 aromatic carbocycles. The Bertz CT molecular complexity index is 726. The van der Waals surface area contributed by atoms with Crippen LogP contribution in [0.5, 0.6) is 0 Å². The van der Waals surface area contributed by atoms with E-state index < -0.39 is 5.72 Å². The fourth-order valence-corrected chi connectivity index (χ4v) is 2.78. The summed E-state index contributed by atoms with van der Waals surface area (Å²) in [6.45, 7) is 2.45. The summed E-state index contributed by atoms with van der Waals surface area (Å²) in [6.07, 6.45) is 1.77. The molecule has 118 valence electrons. The molecule has 3 rings (SSSR count). The Balaban J connectivity index is 2.09. The zero-order valence-corrected chi connectivity index (χ0v) is 13.0. The molecule has 4 heteroatoms. The molecule has 1 unspecified atom stereocenters. The Labute approximate surface area is 135 Å². The second-order valence-electron chi connectivity index (χ2n) is 5.58. The minimum Gasteiger partial charge on any atom is -0.345 e. The van der Waals surface area contributed by atoms with Crippen LogP contribution in [0.15, 0.2) is 54.6 Å². The van der Waals surface area contributed by atoms with Gasteiger partial charge < -0.3 is 10.1 Å². The van der Waals surface area contributed by atoms with Gasteiger partial charge in [-0.05, 0) is 12.5 Å². The van der Waals surface area contributed by atoms with Crippen molar-refractivity contribution in [2.45, 2.75) is 25.5 Å². The normalized spacial score (nSPS) is 20.0. The average molecular weight is 309 g/mol. The number of amides is 1. The van der Waals surface area contributed by atoms with Crippen molar-refractivity contribution in [3.63, 3.8) is 0 Å². The number of Topliss-reactive ketones (excluding diaryl/α,β-unsaturated/α-hetero) is 1. The van der Waals surface area contributed by atoms with Crippen molar-refractivity contribution >= 4 is 11.7 Å². The Morgan fingerprint density at radius 3 is 2.30 bits per heavy atom. The first-order chi connectivity index (χ1) is 11.2. The minimum atomic E-state index is -1.44. The summed E-state index contributed by atoms with van der Waals surface area (Å²) in [5.41, 5.74) is -0.00861. The lowest BCUT2D eigenvalue weighted by Gasteiger charge is -2.37. The van der Waals surface area contributed by atoms with Crippen LogP contribution in [-0.2, 0) is 10.5 Å². The molecule has 1 atom stereocenters.